The van der Waals surface area contributed by atoms with Crippen molar-refractivity contribution in [3.63, 3.8) is 0 Å². The highest BCUT2D eigenvalue weighted by Crippen LogP contribution is 2.27. The maximum absolute atomic E-state index is 11.3. The topological polar surface area (TPSA) is 37.3 Å². The third-order valence-corrected chi connectivity index (χ3v) is 2.84. The van der Waals surface area contributed by atoms with Gasteiger partial charge in [0.15, 0.2) is 11.9 Å². The zero-order valence-corrected chi connectivity index (χ0v) is 9.63. The molecule has 0 spiro atoms. The van der Waals surface area contributed by atoms with E-state index in [0.717, 1.165) is 5.56 Å². The molecule has 0 aromatic heterocycles. The summed E-state index contributed by atoms with van der Waals surface area (Å²) < 4.78 is 0. The van der Waals surface area contributed by atoms with Gasteiger partial charge in [0.05, 0.1) is 0 Å². The highest BCUT2D eigenvalue weighted by Gasteiger charge is 2.30. The van der Waals surface area contributed by atoms with Crippen LogP contribution in [0.1, 0.15) is 16.7 Å². The van der Waals surface area contributed by atoms with E-state index in [2.05, 4.69) is 0 Å². The van der Waals surface area contributed by atoms with Gasteiger partial charge < -0.3 is 5.11 Å². The fraction of sp³-hybridized carbons (Fsp3) is 0.133. The molecule has 0 saturated heterocycles. The average Bonchev–Trinajstić information content (AvgIpc) is 2.39. The number of aliphatic hydroxyl groups is 1. The molecule has 2 aromatic rings. The Morgan fingerprint density at radius 3 is 2.24 bits per heavy atom. The van der Waals surface area contributed by atoms with Crippen molar-refractivity contribution in [1.82, 2.24) is 0 Å². The van der Waals surface area contributed by atoms with E-state index in [1.165, 1.54) is 0 Å². The molecule has 0 bridgehead atoms. The molecule has 0 fully saturated rings. The minimum Gasteiger partial charge on any atom is -0.373 e. The molecule has 0 aliphatic carbocycles. The highest BCUT2D eigenvalue weighted by molar-refractivity contribution is 5.72. The summed E-state index contributed by atoms with van der Waals surface area (Å²) >= 11 is 0. The van der Waals surface area contributed by atoms with Crippen molar-refractivity contribution in [1.29, 1.82) is 0 Å². The van der Waals surface area contributed by atoms with Crippen LogP contribution < -0.4 is 0 Å². The number of aryl methyl sites for hydroxylation is 1. The first kappa shape index (κ1) is 11.6. The Kier molecular flexibility index (Phi) is 3.07. The number of hydrogen-bond donors (Lipinski definition) is 1. The summed E-state index contributed by atoms with van der Waals surface area (Å²) in [5.41, 5.74) is 0.630. The van der Waals surface area contributed by atoms with E-state index >= 15 is 0 Å². The first-order valence-corrected chi connectivity index (χ1v) is 5.48. The number of benzene rings is 2. The van der Waals surface area contributed by atoms with Gasteiger partial charge in [0, 0.05) is 0 Å². The lowest BCUT2D eigenvalue weighted by Gasteiger charge is -2.23. The molecule has 0 amide bonds. The molecule has 86 valence electrons. The van der Waals surface area contributed by atoms with Crippen molar-refractivity contribution in [2.24, 2.45) is 0 Å². The van der Waals surface area contributed by atoms with Crippen molar-refractivity contribution in [2.45, 2.75) is 12.5 Å². The second-order valence-corrected chi connectivity index (χ2v) is 4.12. The highest BCUT2D eigenvalue weighted by atomic mass is 16.3. The molecule has 0 heterocycles. The van der Waals surface area contributed by atoms with Crippen LogP contribution >= 0.6 is 0 Å². The van der Waals surface area contributed by atoms with E-state index in [0.29, 0.717) is 17.4 Å². The lowest BCUT2D eigenvalue weighted by Crippen LogP contribution is -2.29. The van der Waals surface area contributed by atoms with Gasteiger partial charge in [-0.3, -0.25) is 4.79 Å². The molecule has 2 heteroatoms. The predicted molar refractivity (Wildman–Crippen MR) is 66.7 cm³/mol. The van der Waals surface area contributed by atoms with Gasteiger partial charge in [-0.15, -0.1) is 0 Å². The molecule has 2 aromatic carbocycles. The Labute approximate surface area is 101 Å². The zero-order valence-electron chi connectivity index (χ0n) is 9.63. The number of hydrogen-bond acceptors (Lipinski definition) is 2. The first-order valence-electron chi connectivity index (χ1n) is 5.48. The number of rotatable bonds is 3. The predicted octanol–water partition coefficient (Wildman–Crippen LogP) is 2.43. The Morgan fingerprint density at radius 2 is 1.65 bits per heavy atom. The Bertz CT molecular complexity index is 519. The quantitative estimate of drug-likeness (QED) is 0.816. The molecular weight excluding hydrogens is 212 g/mol. The van der Waals surface area contributed by atoms with E-state index in [9.17, 15) is 9.90 Å². The van der Waals surface area contributed by atoms with Gasteiger partial charge in [0.25, 0.3) is 0 Å². The summed E-state index contributed by atoms with van der Waals surface area (Å²) in [4.78, 5) is 11.3. The zero-order chi connectivity index (χ0) is 12.3. The fourth-order valence-corrected chi connectivity index (χ4v) is 1.88. The number of aldehydes is 1. The summed E-state index contributed by atoms with van der Waals surface area (Å²) in [5, 5.41) is 10.5. The second kappa shape index (κ2) is 4.52. The van der Waals surface area contributed by atoms with Crippen LogP contribution in [0.3, 0.4) is 0 Å². The molecule has 0 aliphatic rings. The molecule has 0 aliphatic heterocycles. The molecule has 2 nitrogen and oxygen atoms in total. The van der Waals surface area contributed by atoms with Crippen LogP contribution in [0.4, 0.5) is 0 Å². The Morgan fingerprint density at radius 1 is 1.00 bits per heavy atom. The molecular formula is C15H14O2. The van der Waals surface area contributed by atoms with Crippen LogP contribution in [0.25, 0.3) is 0 Å². The average molecular weight is 226 g/mol. The van der Waals surface area contributed by atoms with E-state index in [1.807, 2.05) is 31.2 Å². The lowest BCUT2D eigenvalue weighted by atomic mass is 9.87. The van der Waals surface area contributed by atoms with Crippen molar-refractivity contribution in [3.8, 4) is 0 Å². The fourth-order valence-electron chi connectivity index (χ4n) is 1.88. The van der Waals surface area contributed by atoms with Crippen LogP contribution in [-0.4, -0.2) is 11.4 Å². The van der Waals surface area contributed by atoms with Crippen molar-refractivity contribution in [2.75, 3.05) is 0 Å². The minimum absolute atomic E-state index is 0.580. The molecule has 1 N–H and O–H groups in total. The largest absolute Gasteiger partial charge is 0.373 e. The van der Waals surface area contributed by atoms with Gasteiger partial charge in [-0.2, -0.15) is 0 Å². The monoisotopic (exact) mass is 226 g/mol. The Balaban J connectivity index is 2.56. The van der Waals surface area contributed by atoms with E-state index in [1.54, 1.807) is 30.3 Å². The van der Waals surface area contributed by atoms with E-state index < -0.39 is 5.60 Å². The first-order chi connectivity index (χ1) is 8.16. The minimum atomic E-state index is -1.56. The van der Waals surface area contributed by atoms with Crippen LogP contribution in [0.15, 0.2) is 54.6 Å². The molecule has 0 radical (unpaired) electrons. The maximum Gasteiger partial charge on any atom is 0.170 e. The van der Waals surface area contributed by atoms with Gasteiger partial charge in [0.1, 0.15) is 0 Å². The van der Waals surface area contributed by atoms with E-state index in [-0.39, 0.29) is 0 Å². The van der Waals surface area contributed by atoms with E-state index in [4.69, 9.17) is 0 Å². The van der Waals surface area contributed by atoms with Gasteiger partial charge >= 0.3 is 0 Å². The number of carbonyl (C=O) groups excluding carboxylic acids is 1. The summed E-state index contributed by atoms with van der Waals surface area (Å²) in [6.07, 6.45) is 0.580. The normalized spacial score (nSPS) is 14.0. The lowest BCUT2D eigenvalue weighted by molar-refractivity contribution is -0.121. The van der Waals surface area contributed by atoms with Gasteiger partial charge in [-0.25, -0.2) is 0 Å². The molecule has 2 rings (SSSR count). The number of carbonyl (C=O) groups is 1. The van der Waals surface area contributed by atoms with Crippen LogP contribution in [0.2, 0.25) is 0 Å². The van der Waals surface area contributed by atoms with Crippen LogP contribution in [-0.2, 0) is 10.4 Å². The van der Waals surface area contributed by atoms with Gasteiger partial charge in [-0.05, 0) is 18.1 Å². The third-order valence-electron chi connectivity index (χ3n) is 2.84. The van der Waals surface area contributed by atoms with Crippen LogP contribution in [0, 0.1) is 6.92 Å². The smallest absolute Gasteiger partial charge is 0.170 e. The molecule has 1 unspecified atom stereocenters. The molecule has 17 heavy (non-hydrogen) atoms. The summed E-state index contributed by atoms with van der Waals surface area (Å²) in [6.45, 7) is 1.93. The summed E-state index contributed by atoms with van der Waals surface area (Å²) in [7, 11) is 0. The SMILES string of the molecule is Cc1cccc(C(O)(C=O)c2ccccc2)c1. The third kappa shape index (κ3) is 2.12. The van der Waals surface area contributed by atoms with Crippen molar-refractivity contribution in [3.05, 3.63) is 71.3 Å². The van der Waals surface area contributed by atoms with Gasteiger partial charge in [-0.1, -0.05) is 60.2 Å². The molecule has 1 atom stereocenters. The molecule has 0 saturated carbocycles. The second-order valence-electron chi connectivity index (χ2n) is 4.12. The summed E-state index contributed by atoms with van der Waals surface area (Å²) in [6, 6.07) is 16.3. The van der Waals surface area contributed by atoms with Crippen molar-refractivity contribution >= 4 is 6.29 Å². The van der Waals surface area contributed by atoms with Gasteiger partial charge in [0.2, 0.25) is 0 Å². The van der Waals surface area contributed by atoms with Crippen LogP contribution in [0.5, 0.6) is 0 Å². The summed E-state index contributed by atoms with van der Waals surface area (Å²) in [5.74, 6) is 0. The van der Waals surface area contributed by atoms with Crippen molar-refractivity contribution < 1.29 is 9.90 Å². The maximum atomic E-state index is 11.3. The Hall–Kier alpha value is -1.93. The standard InChI is InChI=1S/C15H14O2/c1-12-6-5-9-14(10-12)15(17,11-16)13-7-3-2-4-8-13/h2-11,17H,1H3.